The van der Waals surface area contributed by atoms with Gasteiger partial charge in [-0.05, 0) is 32.0 Å². The lowest BCUT2D eigenvalue weighted by Crippen LogP contribution is -2.25. The first-order valence-corrected chi connectivity index (χ1v) is 4.35. The lowest BCUT2D eigenvalue weighted by molar-refractivity contribution is 0.172. The Morgan fingerprint density at radius 1 is 1.47 bits per heavy atom. The predicted molar refractivity (Wildman–Crippen MR) is 54.7 cm³/mol. The summed E-state index contributed by atoms with van der Waals surface area (Å²) in [6.45, 7) is 3.38. The molecule has 3 heteroatoms. The van der Waals surface area contributed by atoms with E-state index in [0.717, 1.165) is 6.07 Å². The van der Waals surface area contributed by atoms with E-state index < -0.39 is 11.4 Å². The molecule has 1 aromatic carbocycles. The summed E-state index contributed by atoms with van der Waals surface area (Å²) in [4.78, 5) is 0. The molecular formula is C12H10FNO. The topological polar surface area (TPSA) is 33.0 Å². The third-order valence-electron chi connectivity index (χ3n) is 1.77. The summed E-state index contributed by atoms with van der Waals surface area (Å²) in [5.41, 5.74) is -0.679. The maximum absolute atomic E-state index is 12.8. The molecule has 2 nitrogen and oxygen atoms in total. The van der Waals surface area contributed by atoms with Gasteiger partial charge in [-0.25, -0.2) is 4.39 Å². The van der Waals surface area contributed by atoms with Gasteiger partial charge in [0.15, 0.2) is 5.60 Å². The molecule has 0 unspecified atom stereocenters. The van der Waals surface area contributed by atoms with E-state index in [-0.39, 0.29) is 5.56 Å². The fourth-order valence-electron chi connectivity index (χ4n) is 0.983. The smallest absolute Gasteiger partial charge is 0.163 e. The molecule has 0 aromatic heterocycles. The molecule has 15 heavy (non-hydrogen) atoms. The van der Waals surface area contributed by atoms with Crippen molar-refractivity contribution in [1.29, 1.82) is 5.26 Å². The van der Waals surface area contributed by atoms with Crippen molar-refractivity contribution < 1.29 is 9.13 Å². The first-order valence-electron chi connectivity index (χ1n) is 4.35. The van der Waals surface area contributed by atoms with E-state index >= 15 is 0 Å². The number of terminal acetylenes is 1. The van der Waals surface area contributed by atoms with E-state index in [4.69, 9.17) is 16.4 Å². The van der Waals surface area contributed by atoms with Crippen LogP contribution in [0.1, 0.15) is 19.4 Å². The highest BCUT2D eigenvalue weighted by Crippen LogP contribution is 2.23. The van der Waals surface area contributed by atoms with Crippen LogP contribution in [0.15, 0.2) is 18.2 Å². The first-order chi connectivity index (χ1) is 6.98. The first kappa shape index (κ1) is 11.1. The van der Waals surface area contributed by atoms with Gasteiger partial charge >= 0.3 is 0 Å². The molecule has 0 aliphatic rings. The number of hydrogen-bond acceptors (Lipinski definition) is 2. The van der Waals surface area contributed by atoms with Crippen LogP contribution < -0.4 is 4.74 Å². The minimum atomic E-state index is -0.816. The Morgan fingerprint density at radius 2 is 2.13 bits per heavy atom. The molecule has 0 N–H and O–H groups in total. The van der Waals surface area contributed by atoms with Crippen molar-refractivity contribution in [2.75, 3.05) is 0 Å². The highest BCUT2D eigenvalue weighted by molar-refractivity contribution is 5.43. The van der Waals surface area contributed by atoms with Crippen LogP contribution in [0.4, 0.5) is 4.39 Å². The van der Waals surface area contributed by atoms with Crippen LogP contribution in [0.3, 0.4) is 0 Å². The van der Waals surface area contributed by atoms with Gasteiger partial charge in [-0.3, -0.25) is 0 Å². The zero-order chi connectivity index (χ0) is 11.5. The van der Waals surface area contributed by atoms with Crippen LogP contribution >= 0.6 is 0 Å². The molecule has 0 spiro atoms. The fourth-order valence-corrected chi connectivity index (χ4v) is 0.983. The van der Waals surface area contributed by atoms with Crippen molar-refractivity contribution in [3.05, 3.63) is 29.6 Å². The van der Waals surface area contributed by atoms with Gasteiger partial charge in [-0.1, -0.05) is 5.92 Å². The van der Waals surface area contributed by atoms with Gasteiger partial charge in [0.25, 0.3) is 0 Å². The molecular weight excluding hydrogens is 193 g/mol. The summed E-state index contributed by atoms with van der Waals surface area (Å²) in [5, 5.41) is 8.76. The van der Waals surface area contributed by atoms with Crippen molar-refractivity contribution in [3.8, 4) is 24.2 Å². The molecule has 0 aliphatic heterocycles. The van der Waals surface area contributed by atoms with Crippen LogP contribution in [0.25, 0.3) is 0 Å². The van der Waals surface area contributed by atoms with Gasteiger partial charge in [-0.15, -0.1) is 6.42 Å². The molecule has 0 saturated heterocycles. The molecule has 0 radical (unpaired) electrons. The molecule has 0 atom stereocenters. The van der Waals surface area contributed by atoms with Crippen molar-refractivity contribution in [3.63, 3.8) is 0 Å². The Morgan fingerprint density at radius 3 is 2.67 bits per heavy atom. The lowest BCUT2D eigenvalue weighted by atomic mass is 10.1. The molecule has 1 rings (SSSR count). The molecule has 0 amide bonds. The van der Waals surface area contributed by atoms with E-state index in [2.05, 4.69) is 5.92 Å². The molecule has 1 aromatic rings. The minimum absolute atomic E-state index is 0.137. The number of hydrogen-bond donors (Lipinski definition) is 0. The number of ether oxygens (including phenoxy) is 1. The Hall–Kier alpha value is -2.00. The zero-order valence-corrected chi connectivity index (χ0v) is 8.54. The highest BCUT2D eigenvalue weighted by Gasteiger charge is 2.17. The second-order valence-corrected chi connectivity index (χ2v) is 3.51. The molecule has 0 fully saturated rings. The number of rotatable bonds is 2. The quantitative estimate of drug-likeness (QED) is 0.692. The molecule has 0 aliphatic carbocycles. The highest BCUT2D eigenvalue weighted by atomic mass is 19.1. The predicted octanol–water partition coefficient (Wildman–Crippen LogP) is 2.49. The van der Waals surface area contributed by atoms with Crippen LogP contribution in [0, 0.1) is 29.5 Å². The van der Waals surface area contributed by atoms with Crippen LogP contribution in [0.2, 0.25) is 0 Å². The normalized spacial score (nSPS) is 10.2. The third kappa shape index (κ3) is 2.72. The van der Waals surface area contributed by atoms with Crippen molar-refractivity contribution in [2.45, 2.75) is 19.4 Å². The SMILES string of the molecule is C#CC(C)(C)Oc1ccc(F)cc1C#N. The van der Waals surface area contributed by atoms with Crippen molar-refractivity contribution in [2.24, 2.45) is 0 Å². The molecule has 76 valence electrons. The number of nitrogens with zero attached hydrogens (tertiary/aromatic N) is 1. The molecule has 0 saturated carbocycles. The summed E-state index contributed by atoms with van der Waals surface area (Å²) >= 11 is 0. The van der Waals surface area contributed by atoms with E-state index in [1.54, 1.807) is 13.8 Å². The van der Waals surface area contributed by atoms with Gasteiger partial charge in [-0.2, -0.15) is 5.26 Å². The van der Waals surface area contributed by atoms with Gasteiger partial charge in [0.05, 0.1) is 5.56 Å². The third-order valence-corrected chi connectivity index (χ3v) is 1.77. The second-order valence-electron chi connectivity index (χ2n) is 3.51. The molecule has 0 bridgehead atoms. The van der Waals surface area contributed by atoms with Gasteiger partial charge < -0.3 is 4.74 Å². The van der Waals surface area contributed by atoms with E-state index in [0.29, 0.717) is 5.75 Å². The summed E-state index contributed by atoms with van der Waals surface area (Å²) in [6.07, 6.45) is 5.24. The molecule has 0 heterocycles. The lowest BCUT2D eigenvalue weighted by Gasteiger charge is -2.20. The van der Waals surface area contributed by atoms with Gasteiger partial charge in [0.2, 0.25) is 0 Å². The average molecular weight is 203 g/mol. The Bertz CT molecular complexity index is 452. The Balaban J connectivity index is 3.08. The maximum Gasteiger partial charge on any atom is 0.163 e. The minimum Gasteiger partial charge on any atom is -0.474 e. The standard InChI is InChI=1S/C12H10FNO/c1-4-12(2,3)15-11-6-5-10(13)7-9(11)8-14/h1,5-7H,2-3H3. The van der Waals surface area contributed by atoms with Crippen LogP contribution in [0.5, 0.6) is 5.75 Å². The Kier molecular flexibility index (Phi) is 2.97. The average Bonchev–Trinajstić information content (AvgIpc) is 2.20. The summed E-state index contributed by atoms with van der Waals surface area (Å²) in [6, 6.07) is 5.58. The van der Waals surface area contributed by atoms with E-state index in [1.807, 2.05) is 6.07 Å². The summed E-state index contributed by atoms with van der Waals surface area (Å²) in [7, 11) is 0. The summed E-state index contributed by atoms with van der Waals surface area (Å²) < 4.78 is 18.2. The van der Waals surface area contributed by atoms with Gasteiger partial charge in [0.1, 0.15) is 17.6 Å². The van der Waals surface area contributed by atoms with E-state index in [9.17, 15) is 4.39 Å². The monoisotopic (exact) mass is 203 g/mol. The maximum atomic E-state index is 12.8. The van der Waals surface area contributed by atoms with Crippen LogP contribution in [-0.2, 0) is 0 Å². The number of halogens is 1. The number of benzene rings is 1. The van der Waals surface area contributed by atoms with Crippen molar-refractivity contribution >= 4 is 0 Å². The fraction of sp³-hybridized carbons (Fsp3) is 0.250. The van der Waals surface area contributed by atoms with Crippen LogP contribution in [-0.4, -0.2) is 5.60 Å². The zero-order valence-electron chi connectivity index (χ0n) is 8.54. The van der Waals surface area contributed by atoms with Crippen molar-refractivity contribution in [1.82, 2.24) is 0 Å². The number of nitriles is 1. The van der Waals surface area contributed by atoms with E-state index in [1.165, 1.54) is 12.1 Å². The largest absolute Gasteiger partial charge is 0.474 e. The van der Waals surface area contributed by atoms with Gasteiger partial charge in [0, 0.05) is 0 Å². The summed E-state index contributed by atoms with van der Waals surface area (Å²) in [5.74, 6) is 2.25. The Labute approximate surface area is 88.3 Å². The second kappa shape index (κ2) is 4.02.